The lowest BCUT2D eigenvalue weighted by Gasteiger charge is -2.32. The van der Waals surface area contributed by atoms with Crippen LogP contribution in [0.4, 0.5) is 0 Å². The van der Waals surface area contributed by atoms with Crippen LogP contribution in [0, 0.1) is 0 Å². The third-order valence-electron chi connectivity index (χ3n) is 4.14. The molecule has 0 saturated carbocycles. The molecule has 1 saturated heterocycles. The van der Waals surface area contributed by atoms with E-state index in [4.69, 9.17) is 14.2 Å². The van der Waals surface area contributed by atoms with Gasteiger partial charge in [-0.05, 0) is 11.1 Å². The van der Waals surface area contributed by atoms with E-state index < -0.39 is 24.3 Å². The van der Waals surface area contributed by atoms with Crippen molar-refractivity contribution in [3.8, 4) is 0 Å². The van der Waals surface area contributed by atoms with Crippen LogP contribution in [-0.2, 0) is 32.2 Å². The van der Waals surface area contributed by atoms with Crippen molar-refractivity contribution >= 4 is 5.97 Å². The van der Waals surface area contributed by atoms with Crippen molar-refractivity contribution in [2.45, 2.75) is 37.9 Å². The summed E-state index contributed by atoms with van der Waals surface area (Å²) in [5.41, 5.74) is 1.94. The third kappa shape index (κ3) is 5.13. The van der Waals surface area contributed by atoms with Gasteiger partial charge in [-0.15, -0.1) is 0 Å². The van der Waals surface area contributed by atoms with Gasteiger partial charge >= 0.3 is 5.97 Å². The minimum atomic E-state index is -0.748. The quantitative estimate of drug-likeness (QED) is 0.817. The number of carbonyl (C=O) groups excluding carboxylic acids is 1. The zero-order chi connectivity index (χ0) is 17.5. The monoisotopic (exact) mass is 342 g/mol. The summed E-state index contributed by atoms with van der Waals surface area (Å²) in [6, 6.07) is 19.2. The van der Waals surface area contributed by atoms with Gasteiger partial charge in [0.25, 0.3) is 0 Å². The molecule has 0 spiro atoms. The molecule has 0 aromatic heterocycles. The van der Waals surface area contributed by atoms with Crippen LogP contribution < -0.4 is 0 Å². The van der Waals surface area contributed by atoms with Crippen LogP contribution >= 0.6 is 0 Å². The minimum absolute atomic E-state index is 0.0601. The van der Waals surface area contributed by atoms with Gasteiger partial charge in [-0.1, -0.05) is 60.7 Å². The average molecular weight is 342 g/mol. The number of esters is 1. The van der Waals surface area contributed by atoms with Gasteiger partial charge in [0.05, 0.1) is 19.3 Å². The Hall–Kier alpha value is -2.21. The highest BCUT2D eigenvalue weighted by molar-refractivity contribution is 5.74. The second-order valence-electron chi connectivity index (χ2n) is 6.05. The van der Waals surface area contributed by atoms with Crippen LogP contribution in [0.3, 0.4) is 0 Å². The SMILES string of the molecule is O=C(OCc1ccccc1)C1C[C@H](OCc2ccccc2)C(O)CO1. The Kier molecular flexibility index (Phi) is 6.17. The molecule has 5 heteroatoms. The predicted molar refractivity (Wildman–Crippen MR) is 91.6 cm³/mol. The van der Waals surface area contributed by atoms with Gasteiger partial charge in [0.15, 0.2) is 6.10 Å². The van der Waals surface area contributed by atoms with E-state index in [-0.39, 0.29) is 19.6 Å². The smallest absolute Gasteiger partial charge is 0.335 e. The Labute approximate surface area is 147 Å². The molecule has 2 aromatic carbocycles. The maximum absolute atomic E-state index is 12.2. The highest BCUT2D eigenvalue weighted by Gasteiger charge is 2.35. The molecule has 5 nitrogen and oxygen atoms in total. The second-order valence-corrected chi connectivity index (χ2v) is 6.05. The van der Waals surface area contributed by atoms with Crippen LogP contribution in [-0.4, -0.2) is 36.0 Å². The van der Waals surface area contributed by atoms with Crippen LogP contribution in [0.5, 0.6) is 0 Å². The topological polar surface area (TPSA) is 65.0 Å². The van der Waals surface area contributed by atoms with E-state index in [0.717, 1.165) is 11.1 Å². The molecule has 1 aliphatic heterocycles. The number of hydrogen-bond acceptors (Lipinski definition) is 5. The van der Waals surface area contributed by atoms with Gasteiger partial charge in [-0.2, -0.15) is 0 Å². The summed E-state index contributed by atoms with van der Waals surface area (Å²) in [4.78, 5) is 12.2. The van der Waals surface area contributed by atoms with Crippen molar-refractivity contribution in [3.05, 3.63) is 71.8 Å². The van der Waals surface area contributed by atoms with Gasteiger partial charge in [0.1, 0.15) is 12.7 Å². The summed E-state index contributed by atoms with van der Waals surface area (Å²) in [6.07, 6.45) is -1.64. The molecule has 2 aromatic rings. The molecule has 3 rings (SSSR count). The molecule has 1 heterocycles. The van der Waals surface area contributed by atoms with E-state index in [1.54, 1.807) is 0 Å². The summed E-state index contributed by atoms with van der Waals surface area (Å²) in [5.74, 6) is -0.427. The van der Waals surface area contributed by atoms with Crippen molar-refractivity contribution < 1.29 is 24.1 Å². The fourth-order valence-electron chi connectivity index (χ4n) is 2.70. The molecule has 3 atom stereocenters. The van der Waals surface area contributed by atoms with Crippen LogP contribution in [0.1, 0.15) is 17.5 Å². The third-order valence-corrected chi connectivity index (χ3v) is 4.14. The number of carbonyl (C=O) groups is 1. The number of ether oxygens (including phenoxy) is 3. The molecule has 0 radical (unpaired) electrons. The molecule has 0 amide bonds. The van der Waals surface area contributed by atoms with Gasteiger partial charge < -0.3 is 19.3 Å². The Morgan fingerprint density at radius 2 is 1.60 bits per heavy atom. The molecule has 25 heavy (non-hydrogen) atoms. The lowest BCUT2D eigenvalue weighted by molar-refractivity contribution is -0.182. The fraction of sp³-hybridized carbons (Fsp3) is 0.350. The molecule has 1 N–H and O–H groups in total. The van der Waals surface area contributed by atoms with Crippen molar-refractivity contribution in [1.29, 1.82) is 0 Å². The summed E-state index contributed by atoms with van der Waals surface area (Å²) >= 11 is 0. The first-order valence-corrected chi connectivity index (χ1v) is 8.38. The van der Waals surface area contributed by atoms with Crippen molar-refractivity contribution in [2.75, 3.05) is 6.61 Å². The van der Waals surface area contributed by atoms with E-state index in [1.165, 1.54) is 0 Å². The Morgan fingerprint density at radius 3 is 2.24 bits per heavy atom. The first kappa shape index (κ1) is 17.6. The van der Waals surface area contributed by atoms with Gasteiger partial charge in [0.2, 0.25) is 0 Å². The zero-order valence-electron chi connectivity index (χ0n) is 13.9. The first-order valence-electron chi connectivity index (χ1n) is 8.38. The number of aliphatic hydroxyl groups is 1. The van der Waals surface area contributed by atoms with Gasteiger partial charge in [-0.3, -0.25) is 0 Å². The van der Waals surface area contributed by atoms with E-state index in [9.17, 15) is 9.90 Å². The fourth-order valence-corrected chi connectivity index (χ4v) is 2.70. The number of rotatable bonds is 6. The summed E-state index contributed by atoms with van der Waals surface area (Å²) in [6.45, 7) is 0.649. The molecule has 1 aliphatic rings. The lowest BCUT2D eigenvalue weighted by atomic mass is 10.0. The molecule has 0 bridgehead atoms. The molecule has 2 unspecified atom stereocenters. The zero-order valence-corrected chi connectivity index (χ0v) is 13.9. The second kappa shape index (κ2) is 8.76. The van der Waals surface area contributed by atoms with Crippen LogP contribution in [0.15, 0.2) is 60.7 Å². The van der Waals surface area contributed by atoms with Gasteiger partial charge in [-0.25, -0.2) is 4.79 Å². The van der Waals surface area contributed by atoms with E-state index >= 15 is 0 Å². The van der Waals surface area contributed by atoms with Crippen molar-refractivity contribution in [1.82, 2.24) is 0 Å². The highest BCUT2D eigenvalue weighted by atomic mass is 16.6. The molecule has 0 aliphatic carbocycles. The number of hydrogen-bond donors (Lipinski definition) is 1. The molecular formula is C20H22O5. The largest absolute Gasteiger partial charge is 0.459 e. The Balaban J connectivity index is 1.50. The molecule has 132 valence electrons. The maximum atomic E-state index is 12.2. The van der Waals surface area contributed by atoms with Crippen LogP contribution in [0.25, 0.3) is 0 Å². The Morgan fingerprint density at radius 1 is 1.00 bits per heavy atom. The summed E-state index contributed by atoms with van der Waals surface area (Å²) in [7, 11) is 0. The minimum Gasteiger partial charge on any atom is -0.459 e. The summed E-state index contributed by atoms with van der Waals surface area (Å²) in [5, 5.41) is 10.1. The maximum Gasteiger partial charge on any atom is 0.335 e. The summed E-state index contributed by atoms with van der Waals surface area (Å²) < 4.78 is 16.5. The standard InChI is InChI=1S/C20H22O5/c21-17-14-24-19(20(22)25-13-16-9-5-2-6-10-16)11-18(17)23-12-15-7-3-1-4-8-15/h1-10,17-19,21H,11-14H2/t17?,18-,19?/m0/s1. The van der Waals surface area contributed by atoms with Crippen molar-refractivity contribution in [3.63, 3.8) is 0 Å². The first-order chi connectivity index (χ1) is 12.2. The van der Waals surface area contributed by atoms with Crippen molar-refractivity contribution in [2.24, 2.45) is 0 Å². The molecular weight excluding hydrogens is 320 g/mol. The van der Waals surface area contributed by atoms with E-state index in [0.29, 0.717) is 6.61 Å². The lowest BCUT2D eigenvalue weighted by Crippen LogP contribution is -2.46. The number of aliphatic hydroxyl groups excluding tert-OH is 1. The Bertz CT molecular complexity index is 658. The van der Waals surface area contributed by atoms with E-state index in [2.05, 4.69) is 0 Å². The predicted octanol–water partition coefficient (Wildman–Crippen LogP) is 2.47. The van der Waals surface area contributed by atoms with Gasteiger partial charge in [0, 0.05) is 6.42 Å². The average Bonchev–Trinajstić information content (AvgIpc) is 2.67. The normalized spacial score (nSPS) is 23.2. The number of benzene rings is 2. The molecule has 1 fully saturated rings. The van der Waals surface area contributed by atoms with E-state index in [1.807, 2.05) is 60.7 Å². The van der Waals surface area contributed by atoms with Crippen LogP contribution in [0.2, 0.25) is 0 Å². The highest BCUT2D eigenvalue weighted by Crippen LogP contribution is 2.20.